The molecule has 0 spiro atoms. The zero-order valence-corrected chi connectivity index (χ0v) is 6.87. The Hall–Kier alpha value is -0.770. The van der Waals surface area contributed by atoms with Gasteiger partial charge >= 0.3 is 6.09 Å². The summed E-state index contributed by atoms with van der Waals surface area (Å²) >= 11 is 0. The Bertz CT molecular complexity index is 127. The number of hydrogen-bond acceptors (Lipinski definition) is 2. The zero-order valence-electron chi connectivity index (χ0n) is 6.87. The van der Waals surface area contributed by atoms with Crippen molar-refractivity contribution in [3.8, 4) is 0 Å². The quantitative estimate of drug-likeness (QED) is 0.571. The maximum Gasteiger partial charge on any atom is 0.404 e. The van der Waals surface area contributed by atoms with Gasteiger partial charge in [-0.1, -0.05) is 13.3 Å². The SMILES string of the molecule is CCCC(O)[C@H](C)NC(=O)O. The van der Waals surface area contributed by atoms with E-state index in [0.29, 0.717) is 6.42 Å². The number of aliphatic hydroxyl groups is 1. The summed E-state index contributed by atoms with van der Waals surface area (Å²) in [6.07, 6.45) is -0.183. The van der Waals surface area contributed by atoms with E-state index in [9.17, 15) is 9.90 Å². The van der Waals surface area contributed by atoms with Gasteiger partial charge in [-0.15, -0.1) is 0 Å². The van der Waals surface area contributed by atoms with E-state index in [1.807, 2.05) is 6.92 Å². The molecule has 0 fully saturated rings. The Morgan fingerprint density at radius 2 is 2.18 bits per heavy atom. The van der Waals surface area contributed by atoms with Crippen LogP contribution in [0.2, 0.25) is 0 Å². The van der Waals surface area contributed by atoms with Crippen LogP contribution >= 0.6 is 0 Å². The highest BCUT2D eigenvalue weighted by Crippen LogP contribution is 2.00. The Morgan fingerprint density at radius 1 is 1.64 bits per heavy atom. The molecule has 0 aliphatic carbocycles. The van der Waals surface area contributed by atoms with E-state index in [2.05, 4.69) is 5.32 Å². The van der Waals surface area contributed by atoms with Crippen molar-refractivity contribution in [3.63, 3.8) is 0 Å². The van der Waals surface area contributed by atoms with Crippen molar-refractivity contribution in [1.82, 2.24) is 5.32 Å². The summed E-state index contributed by atoms with van der Waals surface area (Å²) in [5.41, 5.74) is 0. The van der Waals surface area contributed by atoms with Crippen LogP contribution in [0.5, 0.6) is 0 Å². The van der Waals surface area contributed by atoms with Crippen LogP contribution in [0.4, 0.5) is 4.79 Å². The fraction of sp³-hybridized carbons (Fsp3) is 0.857. The van der Waals surface area contributed by atoms with E-state index in [-0.39, 0.29) is 6.04 Å². The molecule has 1 amide bonds. The lowest BCUT2D eigenvalue weighted by Crippen LogP contribution is -2.40. The van der Waals surface area contributed by atoms with Gasteiger partial charge in [0.1, 0.15) is 0 Å². The van der Waals surface area contributed by atoms with E-state index in [1.165, 1.54) is 0 Å². The Morgan fingerprint density at radius 3 is 2.55 bits per heavy atom. The van der Waals surface area contributed by atoms with Gasteiger partial charge in [-0.2, -0.15) is 0 Å². The molecule has 0 heterocycles. The minimum atomic E-state index is -1.09. The van der Waals surface area contributed by atoms with Crippen LogP contribution in [-0.4, -0.2) is 28.5 Å². The van der Waals surface area contributed by atoms with Crippen LogP contribution in [-0.2, 0) is 0 Å². The lowest BCUT2D eigenvalue weighted by Gasteiger charge is -2.17. The molecule has 0 aromatic rings. The Labute approximate surface area is 66.2 Å². The second-order valence-corrected chi connectivity index (χ2v) is 2.59. The summed E-state index contributed by atoms with van der Waals surface area (Å²) in [4.78, 5) is 10.1. The smallest absolute Gasteiger partial charge is 0.404 e. The normalized spacial score (nSPS) is 15.5. The fourth-order valence-electron chi connectivity index (χ4n) is 0.837. The van der Waals surface area contributed by atoms with Crippen molar-refractivity contribution in [2.24, 2.45) is 0 Å². The van der Waals surface area contributed by atoms with Crippen molar-refractivity contribution < 1.29 is 15.0 Å². The summed E-state index contributed by atoms with van der Waals surface area (Å²) in [7, 11) is 0. The molecule has 0 aliphatic heterocycles. The van der Waals surface area contributed by atoms with Gasteiger partial charge in [0, 0.05) is 0 Å². The molecule has 0 aliphatic rings. The first-order valence-corrected chi connectivity index (χ1v) is 3.75. The maximum atomic E-state index is 10.1. The van der Waals surface area contributed by atoms with Gasteiger partial charge in [-0.3, -0.25) is 0 Å². The molecule has 4 heteroatoms. The Kier molecular flexibility index (Phi) is 4.61. The molecule has 4 nitrogen and oxygen atoms in total. The minimum Gasteiger partial charge on any atom is -0.465 e. The van der Waals surface area contributed by atoms with Gasteiger partial charge in [0.25, 0.3) is 0 Å². The highest BCUT2D eigenvalue weighted by Gasteiger charge is 2.14. The van der Waals surface area contributed by atoms with Crippen molar-refractivity contribution >= 4 is 6.09 Å². The number of amides is 1. The number of aliphatic hydroxyl groups excluding tert-OH is 1. The average molecular weight is 161 g/mol. The third-order valence-electron chi connectivity index (χ3n) is 1.51. The van der Waals surface area contributed by atoms with Crippen LogP contribution in [0.15, 0.2) is 0 Å². The molecular weight excluding hydrogens is 146 g/mol. The summed E-state index contributed by atoms with van der Waals surface area (Å²) < 4.78 is 0. The van der Waals surface area contributed by atoms with Gasteiger partial charge in [0.05, 0.1) is 12.1 Å². The number of nitrogens with one attached hydrogen (secondary N) is 1. The largest absolute Gasteiger partial charge is 0.465 e. The second-order valence-electron chi connectivity index (χ2n) is 2.59. The van der Waals surface area contributed by atoms with E-state index in [4.69, 9.17) is 5.11 Å². The topological polar surface area (TPSA) is 69.6 Å². The predicted molar refractivity (Wildman–Crippen MR) is 41.5 cm³/mol. The van der Waals surface area contributed by atoms with E-state index < -0.39 is 12.2 Å². The van der Waals surface area contributed by atoms with Crippen LogP contribution in [0, 0.1) is 0 Å². The second kappa shape index (κ2) is 4.96. The molecule has 0 bridgehead atoms. The molecule has 0 aromatic carbocycles. The predicted octanol–water partition coefficient (Wildman–Crippen LogP) is 0.804. The molecule has 0 radical (unpaired) electrons. The van der Waals surface area contributed by atoms with Crippen LogP contribution in [0.1, 0.15) is 26.7 Å². The van der Waals surface area contributed by atoms with E-state index >= 15 is 0 Å². The van der Waals surface area contributed by atoms with Gasteiger partial charge in [0.15, 0.2) is 0 Å². The molecular formula is C7H15NO3. The van der Waals surface area contributed by atoms with Gasteiger partial charge in [-0.25, -0.2) is 4.79 Å². The maximum absolute atomic E-state index is 10.1. The average Bonchev–Trinajstić information content (AvgIpc) is 1.86. The number of carbonyl (C=O) groups is 1. The summed E-state index contributed by atoms with van der Waals surface area (Å²) in [6, 6.07) is -0.382. The van der Waals surface area contributed by atoms with Crippen molar-refractivity contribution in [2.45, 2.75) is 38.8 Å². The minimum absolute atomic E-state index is 0.382. The highest BCUT2D eigenvalue weighted by atomic mass is 16.4. The first-order valence-electron chi connectivity index (χ1n) is 3.75. The number of rotatable bonds is 4. The first kappa shape index (κ1) is 10.2. The Balaban J connectivity index is 3.63. The van der Waals surface area contributed by atoms with Gasteiger partial charge < -0.3 is 15.5 Å². The monoisotopic (exact) mass is 161 g/mol. The third kappa shape index (κ3) is 4.61. The van der Waals surface area contributed by atoms with E-state index in [1.54, 1.807) is 6.92 Å². The van der Waals surface area contributed by atoms with Crippen LogP contribution in [0.3, 0.4) is 0 Å². The van der Waals surface area contributed by atoms with Gasteiger partial charge in [-0.05, 0) is 13.3 Å². The van der Waals surface area contributed by atoms with Crippen molar-refractivity contribution in [3.05, 3.63) is 0 Å². The highest BCUT2D eigenvalue weighted by molar-refractivity contribution is 5.64. The van der Waals surface area contributed by atoms with Crippen LogP contribution < -0.4 is 5.32 Å². The number of carboxylic acid groups (broad SMARTS) is 1. The summed E-state index contributed by atoms with van der Waals surface area (Å²) in [5, 5.41) is 19.7. The molecule has 0 rings (SSSR count). The molecule has 0 saturated heterocycles. The van der Waals surface area contributed by atoms with Crippen molar-refractivity contribution in [1.29, 1.82) is 0 Å². The lowest BCUT2D eigenvalue weighted by molar-refractivity contribution is 0.118. The molecule has 2 atom stereocenters. The molecule has 0 saturated carbocycles. The molecule has 11 heavy (non-hydrogen) atoms. The molecule has 1 unspecified atom stereocenters. The molecule has 3 N–H and O–H groups in total. The van der Waals surface area contributed by atoms with E-state index in [0.717, 1.165) is 6.42 Å². The summed E-state index contributed by atoms with van der Waals surface area (Å²) in [6.45, 7) is 3.59. The van der Waals surface area contributed by atoms with Crippen LogP contribution in [0.25, 0.3) is 0 Å². The first-order chi connectivity index (χ1) is 5.07. The molecule has 66 valence electrons. The standard InChI is InChI=1S/C7H15NO3/c1-3-4-6(9)5(2)8-7(10)11/h5-6,8-9H,3-4H2,1-2H3,(H,10,11)/t5-,6?/m0/s1. The number of hydrogen-bond donors (Lipinski definition) is 3. The van der Waals surface area contributed by atoms with Gasteiger partial charge in [0.2, 0.25) is 0 Å². The zero-order chi connectivity index (χ0) is 8.85. The fourth-order valence-corrected chi connectivity index (χ4v) is 0.837. The third-order valence-corrected chi connectivity index (χ3v) is 1.51. The summed E-state index contributed by atoms with van der Waals surface area (Å²) in [5.74, 6) is 0. The van der Waals surface area contributed by atoms with Crippen molar-refractivity contribution in [2.75, 3.05) is 0 Å². The lowest BCUT2D eigenvalue weighted by atomic mass is 10.1. The molecule has 0 aromatic heterocycles.